The van der Waals surface area contributed by atoms with Crippen LogP contribution in [-0.4, -0.2) is 36.9 Å². The smallest absolute Gasteiger partial charge is 0.339 e. The summed E-state index contributed by atoms with van der Waals surface area (Å²) >= 11 is 0. The Hall–Kier alpha value is -1.88. The summed E-state index contributed by atoms with van der Waals surface area (Å²) < 4.78 is 9.96. The predicted octanol–water partition coefficient (Wildman–Crippen LogP) is 2.14. The van der Waals surface area contributed by atoms with Gasteiger partial charge in [0.2, 0.25) is 0 Å². The maximum atomic E-state index is 12.1. The van der Waals surface area contributed by atoms with Gasteiger partial charge >= 0.3 is 11.9 Å². The van der Waals surface area contributed by atoms with Crippen LogP contribution in [0.2, 0.25) is 0 Å². The lowest BCUT2D eigenvalue weighted by atomic mass is 9.92. The molecule has 1 atom stereocenters. The lowest BCUT2D eigenvalue weighted by Gasteiger charge is -2.16. The molecule has 0 aliphatic heterocycles. The van der Waals surface area contributed by atoms with Crippen LogP contribution in [-0.2, 0) is 9.47 Å². The van der Waals surface area contributed by atoms with Crippen molar-refractivity contribution >= 4 is 11.9 Å². The highest BCUT2D eigenvalue weighted by Gasteiger charge is 2.24. The number of rotatable bonds is 6. The molecule has 0 spiro atoms. The summed E-state index contributed by atoms with van der Waals surface area (Å²) in [6, 6.07) is 4.89. The van der Waals surface area contributed by atoms with Crippen LogP contribution >= 0.6 is 0 Å². The molecule has 110 valence electrons. The van der Waals surface area contributed by atoms with Crippen molar-refractivity contribution in [2.75, 3.05) is 19.8 Å². The highest BCUT2D eigenvalue weighted by atomic mass is 16.5. The molecule has 0 amide bonds. The summed E-state index contributed by atoms with van der Waals surface area (Å²) in [6.45, 7) is 5.47. The molecule has 0 aromatic heterocycles. The van der Waals surface area contributed by atoms with Crippen molar-refractivity contribution in [3.05, 3.63) is 34.9 Å². The van der Waals surface area contributed by atoms with E-state index in [1.54, 1.807) is 32.9 Å². The Balaban J connectivity index is 3.36. The second-order valence-electron chi connectivity index (χ2n) is 4.29. The van der Waals surface area contributed by atoms with Gasteiger partial charge in [-0.05, 0) is 25.5 Å². The van der Waals surface area contributed by atoms with E-state index in [2.05, 4.69) is 0 Å². The Kier molecular flexibility index (Phi) is 6.18. The molecule has 0 heterocycles. The fraction of sp³-hybridized carbons (Fsp3) is 0.467. The van der Waals surface area contributed by atoms with Gasteiger partial charge in [-0.2, -0.15) is 0 Å². The first-order valence-corrected chi connectivity index (χ1v) is 6.64. The number of benzene rings is 1. The van der Waals surface area contributed by atoms with Crippen molar-refractivity contribution in [3.8, 4) is 0 Å². The SMILES string of the molecule is CCOC(=O)c1cccc(C(C)CO)c1C(=O)OCC. The fourth-order valence-corrected chi connectivity index (χ4v) is 1.89. The lowest BCUT2D eigenvalue weighted by Crippen LogP contribution is -2.18. The fourth-order valence-electron chi connectivity index (χ4n) is 1.89. The molecule has 0 fully saturated rings. The van der Waals surface area contributed by atoms with Crippen LogP contribution in [0, 0.1) is 0 Å². The molecular formula is C15H20O5. The van der Waals surface area contributed by atoms with Gasteiger partial charge in [-0.15, -0.1) is 0 Å². The molecule has 1 aromatic carbocycles. The van der Waals surface area contributed by atoms with Crippen molar-refractivity contribution in [3.63, 3.8) is 0 Å². The summed E-state index contributed by atoms with van der Waals surface area (Å²) in [5.41, 5.74) is 0.925. The third kappa shape index (κ3) is 3.57. The first-order chi connectivity index (χ1) is 9.56. The number of carbonyl (C=O) groups is 2. The van der Waals surface area contributed by atoms with E-state index in [-0.39, 0.29) is 36.9 Å². The molecule has 0 saturated heterocycles. The van der Waals surface area contributed by atoms with E-state index in [1.807, 2.05) is 0 Å². The van der Waals surface area contributed by atoms with Crippen molar-refractivity contribution in [2.45, 2.75) is 26.7 Å². The van der Waals surface area contributed by atoms with Crippen molar-refractivity contribution in [1.82, 2.24) is 0 Å². The van der Waals surface area contributed by atoms with Crippen LogP contribution in [0.25, 0.3) is 0 Å². The van der Waals surface area contributed by atoms with Gasteiger partial charge in [-0.3, -0.25) is 0 Å². The van der Waals surface area contributed by atoms with Gasteiger partial charge in [0, 0.05) is 12.5 Å². The molecule has 1 aromatic rings. The molecule has 0 aliphatic rings. The Bertz CT molecular complexity index is 481. The van der Waals surface area contributed by atoms with E-state index >= 15 is 0 Å². The summed E-state index contributed by atoms with van der Waals surface area (Å²) in [7, 11) is 0. The minimum atomic E-state index is -0.577. The minimum Gasteiger partial charge on any atom is -0.462 e. The molecule has 1 N–H and O–H groups in total. The van der Waals surface area contributed by atoms with Crippen LogP contribution in [0.15, 0.2) is 18.2 Å². The molecule has 0 radical (unpaired) electrons. The molecule has 0 bridgehead atoms. The van der Waals surface area contributed by atoms with E-state index in [1.165, 1.54) is 6.07 Å². The molecule has 20 heavy (non-hydrogen) atoms. The maximum absolute atomic E-state index is 12.1. The number of aliphatic hydroxyl groups is 1. The van der Waals surface area contributed by atoms with Crippen LogP contribution in [0.3, 0.4) is 0 Å². The van der Waals surface area contributed by atoms with Gasteiger partial charge in [0.15, 0.2) is 0 Å². The van der Waals surface area contributed by atoms with Crippen LogP contribution in [0.4, 0.5) is 0 Å². The topological polar surface area (TPSA) is 72.8 Å². The number of hydrogen-bond donors (Lipinski definition) is 1. The Morgan fingerprint density at radius 3 is 2.30 bits per heavy atom. The summed E-state index contributed by atoms with van der Waals surface area (Å²) in [4.78, 5) is 24.0. The Morgan fingerprint density at radius 2 is 1.75 bits per heavy atom. The first kappa shape index (κ1) is 16.2. The standard InChI is InChI=1S/C15H20O5/c1-4-19-14(17)12-8-6-7-11(10(3)9-16)13(12)15(18)20-5-2/h6-8,10,16H,4-5,9H2,1-3H3. The van der Waals surface area contributed by atoms with Crippen molar-refractivity contribution < 1.29 is 24.2 Å². The molecule has 1 unspecified atom stereocenters. The number of hydrogen-bond acceptors (Lipinski definition) is 5. The zero-order chi connectivity index (χ0) is 15.1. The van der Waals surface area contributed by atoms with Crippen molar-refractivity contribution in [1.29, 1.82) is 0 Å². The largest absolute Gasteiger partial charge is 0.462 e. The quantitative estimate of drug-likeness (QED) is 0.808. The lowest BCUT2D eigenvalue weighted by molar-refractivity contribution is 0.0477. The van der Waals surface area contributed by atoms with E-state index < -0.39 is 11.9 Å². The third-order valence-electron chi connectivity index (χ3n) is 2.88. The molecule has 5 nitrogen and oxygen atoms in total. The van der Waals surface area contributed by atoms with E-state index in [0.717, 1.165) is 0 Å². The highest BCUT2D eigenvalue weighted by Crippen LogP contribution is 2.24. The van der Waals surface area contributed by atoms with Gasteiger partial charge in [0.05, 0.1) is 24.3 Å². The van der Waals surface area contributed by atoms with Crippen LogP contribution < -0.4 is 0 Å². The van der Waals surface area contributed by atoms with E-state index in [9.17, 15) is 14.7 Å². The number of carbonyl (C=O) groups excluding carboxylic acids is 2. The Morgan fingerprint density at radius 1 is 1.15 bits per heavy atom. The average Bonchev–Trinajstić information content (AvgIpc) is 2.46. The van der Waals surface area contributed by atoms with Gasteiger partial charge in [-0.25, -0.2) is 9.59 Å². The Labute approximate surface area is 118 Å². The van der Waals surface area contributed by atoms with E-state index in [4.69, 9.17) is 9.47 Å². The highest BCUT2D eigenvalue weighted by molar-refractivity contribution is 6.04. The second-order valence-corrected chi connectivity index (χ2v) is 4.29. The van der Waals surface area contributed by atoms with Gasteiger partial charge in [-0.1, -0.05) is 19.1 Å². The first-order valence-electron chi connectivity index (χ1n) is 6.64. The van der Waals surface area contributed by atoms with E-state index in [0.29, 0.717) is 5.56 Å². The van der Waals surface area contributed by atoms with Crippen LogP contribution in [0.1, 0.15) is 53.0 Å². The molecular weight excluding hydrogens is 260 g/mol. The second kappa shape index (κ2) is 7.65. The van der Waals surface area contributed by atoms with Crippen molar-refractivity contribution in [2.24, 2.45) is 0 Å². The van der Waals surface area contributed by atoms with Gasteiger partial charge in [0.1, 0.15) is 0 Å². The summed E-state index contributed by atoms with van der Waals surface area (Å²) in [5.74, 6) is -1.42. The molecule has 0 aliphatic carbocycles. The molecule has 0 saturated carbocycles. The molecule has 1 rings (SSSR count). The summed E-state index contributed by atoms with van der Waals surface area (Å²) in [5, 5.41) is 9.29. The van der Waals surface area contributed by atoms with Gasteiger partial charge < -0.3 is 14.6 Å². The third-order valence-corrected chi connectivity index (χ3v) is 2.88. The maximum Gasteiger partial charge on any atom is 0.339 e. The number of esters is 2. The normalized spacial score (nSPS) is 11.8. The summed E-state index contributed by atoms with van der Waals surface area (Å²) in [6.07, 6.45) is 0. The minimum absolute atomic E-state index is 0.126. The number of ether oxygens (including phenoxy) is 2. The van der Waals surface area contributed by atoms with Crippen LogP contribution in [0.5, 0.6) is 0 Å². The monoisotopic (exact) mass is 280 g/mol. The number of aliphatic hydroxyl groups excluding tert-OH is 1. The average molecular weight is 280 g/mol. The predicted molar refractivity (Wildman–Crippen MR) is 73.9 cm³/mol. The zero-order valence-electron chi connectivity index (χ0n) is 12.0. The zero-order valence-corrected chi connectivity index (χ0v) is 12.0. The molecule has 5 heteroatoms. The van der Waals surface area contributed by atoms with Gasteiger partial charge in [0.25, 0.3) is 0 Å².